The van der Waals surface area contributed by atoms with Gasteiger partial charge in [-0.1, -0.05) is 6.92 Å². The fraction of sp³-hybridized carbons (Fsp3) is 0.625. The van der Waals surface area contributed by atoms with Crippen LogP contribution in [-0.2, 0) is 16.0 Å². The molecule has 1 fully saturated rings. The minimum absolute atomic E-state index is 0.129. The molecule has 1 aliphatic heterocycles. The van der Waals surface area contributed by atoms with Crippen molar-refractivity contribution in [2.24, 2.45) is 0 Å². The first-order valence-electron chi connectivity index (χ1n) is 7.89. The smallest absolute Gasteiger partial charge is 0.320 e. The number of hydrogen-bond acceptors (Lipinski definition) is 5. The molecule has 1 saturated heterocycles. The lowest BCUT2D eigenvalue weighted by atomic mass is 10.2. The van der Waals surface area contributed by atoms with Gasteiger partial charge in [0.25, 0.3) is 5.91 Å². The summed E-state index contributed by atoms with van der Waals surface area (Å²) in [7, 11) is 0. The van der Waals surface area contributed by atoms with E-state index >= 15 is 0 Å². The number of nitrogens with zero attached hydrogens (tertiary/aromatic N) is 2. The summed E-state index contributed by atoms with van der Waals surface area (Å²) in [4.78, 5) is 29.1. The second-order valence-corrected chi connectivity index (χ2v) is 6.27. The molecule has 0 radical (unpaired) electrons. The third-order valence-corrected chi connectivity index (χ3v) is 4.80. The number of aryl methyl sites for hydroxylation is 1. The van der Waals surface area contributed by atoms with E-state index in [-0.39, 0.29) is 11.9 Å². The molecule has 0 spiro atoms. The predicted molar refractivity (Wildman–Crippen MR) is 87.3 cm³/mol. The van der Waals surface area contributed by atoms with Gasteiger partial charge in [0.05, 0.1) is 18.0 Å². The molecule has 0 atom stereocenters. The molecule has 6 heteroatoms. The van der Waals surface area contributed by atoms with Crippen molar-refractivity contribution in [3.05, 3.63) is 21.9 Å². The van der Waals surface area contributed by atoms with Gasteiger partial charge in [0.2, 0.25) is 0 Å². The van der Waals surface area contributed by atoms with Crippen molar-refractivity contribution in [1.82, 2.24) is 9.80 Å². The number of thiophene rings is 1. The molecule has 5 nitrogen and oxygen atoms in total. The Morgan fingerprint density at radius 1 is 1.23 bits per heavy atom. The molecule has 122 valence electrons. The van der Waals surface area contributed by atoms with E-state index in [1.54, 1.807) is 0 Å². The van der Waals surface area contributed by atoms with Crippen molar-refractivity contribution in [3.8, 4) is 0 Å². The second kappa shape index (κ2) is 8.29. The Bertz CT molecular complexity index is 515. The average Bonchev–Trinajstić information content (AvgIpc) is 2.86. The molecule has 0 N–H and O–H groups in total. The Morgan fingerprint density at radius 2 is 2.05 bits per heavy atom. The van der Waals surface area contributed by atoms with E-state index in [0.717, 1.165) is 42.9 Å². The molecule has 1 aromatic rings. The maximum absolute atomic E-state index is 12.7. The van der Waals surface area contributed by atoms with E-state index in [2.05, 4.69) is 11.8 Å². The van der Waals surface area contributed by atoms with Crippen LogP contribution in [-0.4, -0.2) is 61.0 Å². The zero-order chi connectivity index (χ0) is 15.9. The fourth-order valence-electron chi connectivity index (χ4n) is 2.67. The topological polar surface area (TPSA) is 49.9 Å². The number of carbonyl (C=O) groups excluding carboxylic acids is 2. The van der Waals surface area contributed by atoms with Crippen molar-refractivity contribution < 1.29 is 14.3 Å². The third kappa shape index (κ3) is 4.30. The first-order valence-corrected chi connectivity index (χ1v) is 8.77. The lowest BCUT2D eigenvalue weighted by Crippen LogP contribution is -2.37. The fourth-order valence-corrected chi connectivity index (χ4v) is 3.63. The summed E-state index contributed by atoms with van der Waals surface area (Å²) < 4.78 is 4.99. The molecule has 0 unspecified atom stereocenters. The molecule has 2 heterocycles. The molecule has 2 rings (SSSR count). The zero-order valence-corrected chi connectivity index (χ0v) is 14.2. The van der Waals surface area contributed by atoms with E-state index in [1.165, 1.54) is 11.3 Å². The van der Waals surface area contributed by atoms with E-state index < -0.39 is 0 Å². The molecular weight excluding hydrogens is 300 g/mol. The molecule has 0 aliphatic carbocycles. The summed E-state index contributed by atoms with van der Waals surface area (Å²) >= 11 is 1.52. The summed E-state index contributed by atoms with van der Waals surface area (Å²) in [6, 6.07) is 2.03. The summed E-state index contributed by atoms with van der Waals surface area (Å²) in [5, 5.41) is 1.98. The summed E-state index contributed by atoms with van der Waals surface area (Å²) in [6.45, 7) is 7.57. The average molecular weight is 324 g/mol. The van der Waals surface area contributed by atoms with Crippen LogP contribution in [0.3, 0.4) is 0 Å². The highest BCUT2D eigenvalue weighted by Gasteiger charge is 2.23. The third-order valence-electron chi connectivity index (χ3n) is 3.86. The number of rotatable bonds is 5. The van der Waals surface area contributed by atoms with E-state index in [4.69, 9.17) is 4.74 Å². The van der Waals surface area contributed by atoms with Crippen LogP contribution in [0.25, 0.3) is 0 Å². The van der Waals surface area contributed by atoms with Crippen molar-refractivity contribution in [2.45, 2.75) is 26.7 Å². The number of esters is 1. The SMILES string of the molecule is CCOC(=O)CN1CCCN(C(=O)c2sccc2CC)CC1. The molecule has 0 aromatic carbocycles. The highest BCUT2D eigenvalue weighted by molar-refractivity contribution is 7.12. The van der Waals surface area contributed by atoms with Gasteiger partial charge < -0.3 is 9.64 Å². The van der Waals surface area contributed by atoms with E-state index in [0.29, 0.717) is 19.7 Å². The van der Waals surface area contributed by atoms with Crippen LogP contribution in [0.2, 0.25) is 0 Å². The van der Waals surface area contributed by atoms with E-state index in [1.807, 2.05) is 23.3 Å². The van der Waals surface area contributed by atoms with Gasteiger partial charge in [-0.25, -0.2) is 0 Å². The highest BCUT2D eigenvalue weighted by atomic mass is 32.1. The van der Waals surface area contributed by atoms with Gasteiger partial charge in [0.1, 0.15) is 0 Å². The molecule has 22 heavy (non-hydrogen) atoms. The Kier molecular flexibility index (Phi) is 6.39. The van der Waals surface area contributed by atoms with Crippen LogP contribution >= 0.6 is 11.3 Å². The number of hydrogen-bond donors (Lipinski definition) is 0. The lowest BCUT2D eigenvalue weighted by molar-refractivity contribution is -0.144. The maximum Gasteiger partial charge on any atom is 0.320 e. The second-order valence-electron chi connectivity index (χ2n) is 5.36. The first-order chi connectivity index (χ1) is 10.7. The van der Waals surface area contributed by atoms with E-state index in [9.17, 15) is 9.59 Å². The standard InChI is InChI=1S/C16H24N2O3S/c1-3-13-6-11-22-15(13)16(20)18-8-5-7-17(9-10-18)12-14(19)21-4-2/h6,11H,3-5,7-10,12H2,1-2H3. The van der Waals surface area contributed by atoms with Crippen LogP contribution in [0.1, 0.15) is 35.5 Å². The summed E-state index contributed by atoms with van der Waals surface area (Å²) in [5.41, 5.74) is 1.13. The van der Waals surface area contributed by atoms with Gasteiger partial charge in [0, 0.05) is 26.2 Å². The number of amides is 1. The van der Waals surface area contributed by atoms with Gasteiger partial charge >= 0.3 is 5.97 Å². The largest absolute Gasteiger partial charge is 0.465 e. The minimum Gasteiger partial charge on any atom is -0.465 e. The molecule has 1 aliphatic rings. The van der Waals surface area contributed by atoms with Crippen molar-refractivity contribution >= 4 is 23.2 Å². The van der Waals surface area contributed by atoms with Gasteiger partial charge in [-0.15, -0.1) is 11.3 Å². The Labute approximate surface area is 135 Å². The van der Waals surface area contributed by atoms with Gasteiger partial charge in [-0.3, -0.25) is 14.5 Å². The molecule has 1 amide bonds. The molecule has 1 aromatic heterocycles. The highest BCUT2D eigenvalue weighted by Crippen LogP contribution is 2.20. The number of ether oxygens (including phenoxy) is 1. The zero-order valence-electron chi connectivity index (χ0n) is 13.3. The Balaban J connectivity index is 1.92. The maximum atomic E-state index is 12.7. The Morgan fingerprint density at radius 3 is 2.77 bits per heavy atom. The molecule has 0 bridgehead atoms. The Hall–Kier alpha value is -1.40. The van der Waals surface area contributed by atoms with Crippen LogP contribution < -0.4 is 0 Å². The van der Waals surface area contributed by atoms with Crippen LogP contribution in [0.4, 0.5) is 0 Å². The van der Waals surface area contributed by atoms with Gasteiger partial charge in [0.15, 0.2) is 0 Å². The lowest BCUT2D eigenvalue weighted by Gasteiger charge is -2.21. The predicted octanol–water partition coefficient (Wildman–Crippen LogP) is 2.02. The first kappa shape index (κ1) is 17.0. The van der Waals surface area contributed by atoms with Gasteiger partial charge in [-0.2, -0.15) is 0 Å². The minimum atomic E-state index is -0.186. The number of carbonyl (C=O) groups is 2. The molecule has 0 saturated carbocycles. The normalized spacial score (nSPS) is 16.4. The van der Waals surface area contributed by atoms with Crippen LogP contribution in [0.5, 0.6) is 0 Å². The quantitative estimate of drug-likeness (QED) is 0.778. The van der Waals surface area contributed by atoms with Gasteiger partial charge in [-0.05, 0) is 36.8 Å². The summed E-state index contributed by atoms with van der Waals surface area (Å²) in [6.07, 6.45) is 1.77. The van der Waals surface area contributed by atoms with Crippen LogP contribution in [0.15, 0.2) is 11.4 Å². The molecular formula is C16H24N2O3S. The van der Waals surface area contributed by atoms with Crippen molar-refractivity contribution in [1.29, 1.82) is 0 Å². The van der Waals surface area contributed by atoms with Crippen LogP contribution in [0, 0.1) is 0 Å². The monoisotopic (exact) mass is 324 g/mol. The van der Waals surface area contributed by atoms with Crippen molar-refractivity contribution in [2.75, 3.05) is 39.3 Å². The van der Waals surface area contributed by atoms with Crippen molar-refractivity contribution in [3.63, 3.8) is 0 Å². The summed E-state index contributed by atoms with van der Waals surface area (Å²) in [5.74, 6) is -0.0568.